The molecule has 3 rings (SSSR count). The van der Waals surface area contributed by atoms with Crippen molar-refractivity contribution in [1.29, 1.82) is 0 Å². The number of fused-ring (bicyclic) bond motifs is 1. The average molecular weight is 363 g/mol. The van der Waals surface area contributed by atoms with Crippen molar-refractivity contribution < 1.29 is 9.53 Å². The maximum atomic E-state index is 12.2. The van der Waals surface area contributed by atoms with E-state index in [0.717, 1.165) is 0 Å². The fourth-order valence-corrected chi connectivity index (χ4v) is 2.72. The van der Waals surface area contributed by atoms with E-state index in [1.807, 2.05) is 0 Å². The number of esters is 1. The Morgan fingerprint density at radius 3 is 2.71 bits per heavy atom. The fourth-order valence-electron chi connectivity index (χ4n) is 2.23. The number of benzene rings is 2. The van der Waals surface area contributed by atoms with E-state index in [9.17, 15) is 9.59 Å². The largest absolute Gasteiger partial charge is 0.451 e. The SMILES string of the molecule is C[C@H](OC(=O)c1ccc(Cl)cc1Cl)c1nc2ccccc2c(=O)[nH]1. The van der Waals surface area contributed by atoms with E-state index in [1.54, 1.807) is 37.3 Å². The van der Waals surface area contributed by atoms with Gasteiger partial charge in [0.2, 0.25) is 0 Å². The molecule has 24 heavy (non-hydrogen) atoms. The van der Waals surface area contributed by atoms with Crippen LogP contribution in [0, 0.1) is 0 Å². The highest BCUT2D eigenvalue weighted by Crippen LogP contribution is 2.24. The summed E-state index contributed by atoms with van der Waals surface area (Å²) >= 11 is 11.8. The lowest BCUT2D eigenvalue weighted by molar-refractivity contribution is 0.0320. The molecule has 0 aliphatic carbocycles. The van der Waals surface area contributed by atoms with E-state index < -0.39 is 12.1 Å². The Morgan fingerprint density at radius 2 is 1.96 bits per heavy atom. The summed E-state index contributed by atoms with van der Waals surface area (Å²) in [6.45, 7) is 1.62. The third kappa shape index (κ3) is 3.27. The summed E-state index contributed by atoms with van der Waals surface area (Å²) in [5, 5.41) is 1.09. The second-order valence-corrected chi connectivity index (χ2v) is 5.98. The molecule has 0 saturated heterocycles. The van der Waals surface area contributed by atoms with Gasteiger partial charge in [-0.3, -0.25) is 4.79 Å². The van der Waals surface area contributed by atoms with E-state index in [4.69, 9.17) is 27.9 Å². The number of rotatable bonds is 3. The lowest BCUT2D eigenvalue weighted by atomic mass is 10.2. The molecule has 0 spiro atoms. The van der Waals surface area contributed by atoms with Gasteiger partial charge in [0.1, 0.15) is 0 Å². The number of carbonyl (C=O) groups is 1. The van der Waals surface area contributed by atoms with Gasteiger partial charge >= 0.3 is 5.97 Å². The molecule has 7 heteroatoms. The Kier molecular flexibility index (Phi) is 4.55. The number of halogens is 2. The van der Waals surface area contributed by atoms with Gasteiger partial charge < -0.3 is 9.72 Å². The second-order valence-electron chi connectivity index (χ2n) is 5.14. The molecule has 0 unspecified atom stereocenters. The Labute approximate surface area is 147 Å². The number of carbonyl (C=O) groups excluding carboxylic acids is 1. The minimum Gasteiger partial charge on any atom is -0.451 e. The molecule has 0 bridgehead atoms. The third-order valence-electron chi connectivity index (χ3n) is 3.45. The number of aromatic nitrogens is 2. The standard InChI is InChI=1S/C17H12Cl2N2O3/c1-9(24-17(23)11-7-6-10(18)8-13(11)19)15-20-14-5-3-2-4-12(14)16(22)21-15/h2-9H,1H3,(H,20,21,22)/t9-/m0/s1. The molecule has 0 amide bonds. The highest BCUT2D eigenvalue weighted by molar-refractivity contribution is 6.36. The van der Waals surface area contributed by atoms with Crippen molar-refractivity contribution in [3.05, 3.63) is 74.3 Å². The molecular weight excluding hydrogens is 351 g/mol. The molecule has 0 saturated carbocycles. The normalized spacial score (nSPS) is 12.1. The number of hydrogen-bond donors (Lipinski definition) is 1. The predicted molar refractivity (Wildman–Crippen MR) is 92.7 cm³/mol. The van der Waals surface area contributed by atoms with Crippen LogP contribution in [0.1, 0.15) is 29.2 Å². The highest BCUT2D eigenvalue weighted by atomic mass is 35.5. The molecule has 1 atom stereocenters. The van der Waals surface area contributed by atoms with Crippen LogP contribution in [-0.2, 0) is 4.74 Å². The van der Waals surface area contributed by atoms with E-state index >= 15 is 0 Å². The lowest BCUT2D eigenvalue weighted by Crippen LogP contribution is -2.17. The van der Waals surface area contributed by atoms with Crippen LogP contribution in [0.3, 0.4) is 0 Å². The zero-order valence-electron chi connectivity index (χ0n) is 12.5. The number of nitrogens with one attached hydrogen (secondary N) is 1. The lowest BCUT2D eigenvalue weighted by Gasteiger charge is -2.13. The molecule has 5 nitrogen and oxygen atoms in total. The zero-order chi connectivity index (χ0) is 17.3. The molecule has 0 fully saturated rings. The number of ether oxygens (including phenoxy) is 1. The van der Waals surface area contributed by atoms with Gasteiger partial charge in [0.15, 0.2) is 11.9 Å². The first-order chi connectivity index (χ1) is 11.5. The predicted octanol–water partition coefficient (Wildman–Crippen LogP) is 4.15. The van der Waals surface area contributed by atoms with Gasteiger partial charge in [-0.05, 0) is 37.3 Å². The van der Waals surface area contributed by atoms with Crippen LogP contribution in [0.25, 0.3) is 10.9 Å². The maximum absolute atomic E-state index is 12.2. The fraction of sp³-hybridized carbons (Fsp3) is 0.118. The first-order valence-electron chi connectivity index (χ1n) is 7.10. The number of nitrogens with zero attached hydrogens (tertiary/aromatic N) is 1. The van der Waals surface area contributed by atoms with Crippen molar-refractivity contribution in [2.75, 3.05) is 0 Å². The second kappa shape index (κ2) is 6.63. The molecule has 0 aliphatic rings. The Hall–Kier alpha value is -2.37. The highest BCUT2D eigenvalue weighted by Gasteiger charge is 2.19. The molecular formula is C17H12Cl2N2O3. The van der Waals surface area contributed by atoms with Gasteiger partial charge in [0.25, 0.3) is 5.56 Å². The molecule has 0 radical (unpaired) electrons. The van der Waals surface area contributed by atoms with Crippen molar-refractivity contribution in [1.82, 2.24) is 9.97 Å². The molecule has 1 N–H and O–H groups in total. The van der Waals surface area contributed by atoms with Gasteiger partial charge in [-0.2, -0.15) is 0 Å². The van der Waals surface area contributed by atoms with Crippen molar-refractivity contribution in [3.8, 4) is 0 Å². The summed E-state index contributed by atoms with van der Waals surface area (Å²) in [5.41, 5.74) is 0.433. The smallest absolute Gasteiger partial charge is 0.340 e. The Bertz CT molecular complexity index is 985. The summed E-state index contributed by atoms with van der Waals surface area (Å²) in [6.07, 6.45) is -0.749. The minimum absolute atomic E-state index is 0.191. The van der Waals surface area contributed by atoms with Gasteiger partial charge in [0.05, 0.1) is 21.5 Å². The average Bonchev–Trinajstić information content (AvgIpc) is 2.54. The molecule has 0 aliphatic heterocycles. The number of H-pyrrole nitrogens is 1. The first-order valence-corrected chi connectivity index (χ1v) is 7.86. The van der Waals surface area contributed by atoms with Crippen molar-refractivity contribution in [2.45, 2.75) is 13.0 Å². The van der Waals surface area contributed by atoms with Crippen molar-refractivity contribution in [2.24, 2.45) is 0 Å². The van der Waals surface area contributed by atoms with Crippen LogP contribution < -0.4 is 5.56 Å². The minimum atomic E-state index is -0.749. The molecule has 122 valence electrons. The van der Waals surface area contributed by atoms with Crippen LogP contribution in [0.5, 0.6) is 0 Å². The van der Waals surface area contributed by atoms with E-state index in [0.29, 0.717) is 15.9 Å². The number of para-hydroxylation sites is 1. The third-order valence-corrected chi connectivity index (χ3v) is 4.00. The van der Waals surface area contributed by atoms with Gasteiger partial charge in [-0.1, -0.05) is 35.3 Å². The van der Waals surface area contributed by atoms with Gasteiger partial charge in [0, 0.05) is 5.02 Å². The summed E-state index contributed by atoms with van der Waals surface area (Å²) in [6, 6.07) is 11.4. The first kappa shape index (κ1) is 16.5. The van der Waals surface area contributed by atoms with E-state index in [1.165, 1.54) is 12.1 Å². The molecule has 2 aromatic carbocycles. The van der Waals surface area contributed by atoms with Gasteiger partial charge in [-0.15, -0.1) is 0 Å². The monoisotopic (exact) mass is 362 g/mol. The summed E-state index contributed by atoms with van der Waals surface area (Å²) in [4.78, 5) is 31.3. The summed E-state index contributed by atoms with van der Waals surface area (Å²) in [5.74, 6) is -0.364. The quantitative estimate of drug-likeness (QED) is 0.710. The zero-order valence-corrected chi connectivity index (χ0v) is 14.1. The van der Waals surface area contributed by atoms with Crippen LogP contribution in [0.2, 0.25) is 10.0 Å². The van der Waals surface area contributed by atoms with Crippen LogP contribution in [0.4, 0.5) is 0 Å². The Morgan fingerprint density at radius 1 is 1.21 bits per heavy atom. The molecule has 1 heterocycles. The summed E-state index contributed by atoms with van der Waals surface area (Å²) in [7, 11) is 0. The van der Waals surface area contributed by atoms with Crippen molar-refractivity contribution >= 4 is 40.1 Å². The maximum Gasteiger partial charge on any atom is 0.340 e. The van der Waals surface area contributed by atoms with E-state index in [2.05, 4.69) is 9.97 Å². The summed E-state index contributed by atoms with van der Waals surface area (Å²) < 4.78 is 5.35. The topological polar surface area (TPSA) is 72.0 Å². The number of hydrogen-bond acceptors (Lipinski definition) is 4. The van der Waals surface area contributed by atoms with Crippen LogP contribution in [-0.4, -0.2) is 15.9 Å². The number of aromatic amines is 1. The van der Waals surface area contributed by atoms with Crippen molar-refractivity contribution in [3.63, 3.8) is 0 Å². The van der Waals surface area contributed by atoms with Crippen LogP contribution in [0.15, 0.2) is 47.3 Å². The molecule has 3 aromatic rings. The van der Waals surface area contributed by atoms with Gasteiger partial charge in [-0.25, -0.2) is 9.78 Å². The molecule has 1 aromatic heterocycles. The van der Waals surface area contributed by atoms with Crippen LogP contribution >= 0.6 is 23.2 Å². The Balaban J connectivity index is 1.88. The van der Waals surface area contributed by atoms with E-state index in [-0.39, 0.29) is 22.0 Å².